The van der Waals surface area contributed by atoms with Crippen molar-refractivity contribution < 1.29 is 18.1 Å². The number of nitrogens with one attached hydrogen (secondary N) is 1. The number of rotatable bonds is 3. The summed E-state index contributed by atoms with van der Waals surface area (Å²) in [7, 11) is -3.94. The molecular weight excluding hydrogens is 288 g/mol. The lowest BCUT2D eigenvalue weighted by atomic mass is 10.3. The molecule has 1 aliphatic heterocycles. The number of sulfonamides is 1. The van der Waals surface area contributed by atoms with Crippen LogP contribution in [0.2, 0.25) is 0 Å². The minimum absolute atomic E-state index is 0.129. The summed E-state index contributed by atoms with van der Waals surface area (Å²) in [5, 5.41) is 13.1. The van der Waals surface area contributed by atoms with Crippen LogP contribution in [0.1, 0.15) is 0 Å². The van der Waals surface area contributed by atoms with Gasteiger partial charge in [-0.3, -0.25) is 14.9 Å². The van der Waals surface area contributed by atoms with Crippen molar-refractivity contribution in [3.8, 4) is 0 Å². The third kappa shape index (κ3) is 2.56. The molecule has 0 aliphatic carbocycles. The number of nitrogens with two attached hydrogens (primary N) is 1. The summed E-state index contributed by atoms with van der Waals surface area (Å²) in [6, 6.07) is 3.12. The molecule has 2 rings (SSSR count). The molecule has 1 amide bonds. The number of anilines is 1. The van der Waals surface area contributed by atoms with Crippen LogP contribution in [0.15, 0.2) is 23.1 Å². The molecule has 0 spiro atoms. The van der Waals surface area contributed by atoms with Gasteiger partial charge >= 0.3 is 0 Å². The van der Waals surface area contributed by atoms with Gasteiger partial charge in [-0.05, 0) is 6.07 Å². The molecule has 20 heavy (non-hydrogen) atoms. The summed E-state index contributed by atoms with van der Waals surface area (Å²) in [5.41, 5.74) is 5.06. The number of non-ortho nitro benzene ring substituents is 1. The van der Waals surface area contributed by atoms with Gasteiger partial charge in [-0.15, -0.1) is 0 Å². The van der Waals surface area contributed by atoms with Crippen LogP contribution in [-0.2, 0) is 14.8 Å². The van der Waals surface area contributed by atoms with E-state index < -0.39 is 20.9 Å². The molecule has 0 aromatic heterocycles. The summed E-state index contributed by atoms with van der Waals surface area (Å²) < 4.78 is 25.7. The van der Waals surface area contributed by atoms with Gasteiger partial charge in [0.15, 0.2) is 0 Å². The van der Waals surface area contributed by atoms with Gasteiger partial charge in [0.1, 0.15) is 4.90 Å². The van der Waals surface area contributed by atoms with Gasteiger partial charge < -0.3 is 11.1 Å². The highest BCUT2D eigenvalue weighted by atomic mass is 32.2. The van der Waals surface area contributed by atoms with E-state index in [1.165, 1.54) is 0 Å². The molecule has 0 unspecified atom stereocenters. The largest absolute Gasteiger partial charge is 0.397 e. The molecule has 108 valence electrons. The Morgan fingerprint density at radius 2 is 2.10 bits per heavy atom. The SMILES string of the molecule is Nc1cc([N+](=O)[O-])ccc1S(=O)(=O)N1CCNC(=O)C1. The maximum atomic E-state index is 12.3. The molecule has 1 aromatic rings. The molecule has 0 bridgehead atoms. The molecule has 1 aromatic carbocycles. The average molecular weight is 300 g/mol. The second-order valence-electron chi connectivity index (χ2n) is 4.17. The normalized spacial score (nSPS) is 16.7. The highest BCUT2D eigenvalue weighted by Gasteiger charge is 2.31. The van der Waals surface area contributed by atoms with Gasteiger partial charge in [0.25, 0.3) is 5.69 Å². The quantitative estimate of drug-likeness (QED) is 0.430. The van der Waals surface area contributed by atoms with Crippen molar-refractivity contribution in [1.82, 2.24) is 9.62 Å². The molecule has 3 N–H and O–H groups in total. The van der Waals surface area contributed by atoms with Crippen molar-refractivity contribution in [2.45, 2.75) is 4.90 Å². The first-order valence-corrected chi connectivity index (χ1v) is 7.07. The monoisotopic (exact) mass is 300 g/mol. The zero-order valence-electron chi connectivity index (χ0n) is 10.3. The third-order valence-electron chi connectivity index (χ3n) is 2.83. The molecule has 1 heterocycles. The fraction of sp³-hybridized carbons (Fsp3) is 0.300. The predicted octanol–water partition coefficient (Wildman–Crippen LogP) is -0.703. The number of hydrogen-bond acceptors (Lipinski definition) is 6. The number of nitro benzene ring substituents is 1. The Balaban J connectivity index is 2.39. The fourth-order valence-electron chi connectivity index (χ4n) is 1.84. The molecule has 0 saturated carbocycles. The average Bonchev–Trinajstić information content (AvgIpc) is 2.38. The predicted molar refractivity (Wildman–Crippen MR) is 69.3 cm³/mol. The zero-order valence-corrected chi connectivity index (χ0v) is 11.1. The van der Waals surface area contributed by atoms with Crippen LogP contribution in [0.5, 0.6) is 0 Å². The first-order chi connectivity index (χ1) is 9.32. The molecule has 10 heteroatoms. The van der Waals surface area contributed by atoms with Gasteiger partial charge in [0, 0.05) is 25.2 Å². The molecule has 1 saturated heterocycles. The van der Waals surface area contributed by atoms with E-state index in [0.29, 0.717) is 0 Å². The van der Waals surface area contributed by atoms with Crippen molar-refractivity contribution in [2.75, 3.05) is 25.4 Å². The van der Waals surface area contributed by atoms with Crippen LogP contribution < -0.4 is 11.1 Å². The Hall–Kier alpha value is -2.20. The van der Waals surface area contributed by atoms with Gasteiger partial charge in [0.2, 0.25) is 15.9 Å². The van der Waals surface area contributed by atoms with E-state index in [9.17, 15) is 23.3 Å². The number of amides is 1. The molecule has 0 radical (unpaired) electrons. The van der Waals surface area contributed by atoms with Gasteiger partial charge in [-0.1, -0.05) is 0 Å². The number of carbonyl (C=O) groups is 1. The van der Waals surface area contributed by atoms with E-state index in [-0.39, 0.29) is 35.9 Å². The second-order valence-corrected chi connectivity index (χ2v) is 6.07. The van der Waals surface area contributed by atoms with E-state index in [1.54, 1.807) is 0 Å². The first kappa shape index (κ1) is 14.2. The molecular formula is C10H12N4O5S. The van der Waals surface area contributed by atoms with Crippen LogP contribution in [-0.4, -0.2) is 43.2 Å². The minimum Gasteiger partial charge on any atom is -0.397 e. The summed E-state index contributed by atoms with van der Waals surface area (Å²) in [4.78, 5) is 20.9. The zero-order chi connectivity index (χ0) is 14.9. The molecule has 0 atom stereocenters. The molecule has 1 fully saturated rings. The standard InChI is InChI=1S/C10H12N4O5S/c11-8-5-7(14(16)17)1-2-9(8)20(18,19)13-4-3-12-10(15)6-13/h1-2,5H,3-4,6,11H2,(H,12,15). The van der Waals surface area contributed by atoms with E-state index in [2.05, 4.69) is 5.32 Å². The Kier molecular flexibility index (Phi) is 3.59. The molecule has 1 aliphatic rings. The number of carbonyl (C=O) groups excluding carboxylic acids is 1. The van der Waals surface area contributed by atoms with Crippen molar-refractivity contribution >= 4 is 27.3 Å². The number of piperazine rings is 1. The maximum Gasteiger partial charge on any atom is 0.271 e. The van der Waals surface area contributed by atoms with Gasteiger partial charge in [-0.25, -0.2) is 8.42 Å². The van der Waals surface area contributed by atoms with Gasteiger partial charge in [-0.2, -0.15) is 4.31 Å². The maximum absolute atomic E-state index is 12.3. The summed E-state index contributed by atoms with van der Waals surface area (Å²) in [6.45, 7) is 0.0498. The topological polar surface area (TPSA) is 136 Å². The number of hydrogen-bond donors (Lipinski definition) is 2. The summed E-state index contributed by atoms with van der Waals surface area (Å²) in [6.07, 6.45) is 0. The van der Waals surface area contributed by atoms with Crippen LogP contribution in [0.4, 0.5) is 11.4 Å². The number of nitrogens with zero attached hydrogens (tertiary/aromatic N) is 2. The highest BCUT2D eigenvalue weighted by molar-refractivity contribution is 7.89. The van der Waals surface area contributed by atoms with Crippen LogP contribution in [0, 0.1) is 10.1 Å². The number of nitro groups is 1. The highest BCUT2D eigenvalue weighted by Crippen LogP contribution is 2.26. The van der Waals surface area contributed by atoms with Gasteiger partial charge in [0.05, 0.1) is 17.2 Å². The Morgan fingerprint density at radius 3 is 2.65 bits per heavy atom. The van der Waals surface area contributed by atoms with E-state index in [0.717, 1.165) is 22.5 Å². The number of benzene rings is 1. The third-order valence-corrected chi connectivity index (χ3v) is 4.74. The fourth-order valence-corrected chi connectivity index (χ4v) is 3.34. The Labute approximate surface area is 114 Å². The Bertz CT molecular complexity index is 672. The second kappa shape index (κ2) is 5.06. The van der Waals surface area contributed by atoms with Crippen LogP contribution >= 0.6 is 0 Å². The lowest BCUT2D eigenvalue weighted by Crippen LogP contribution is -2.49. The Morgan fingerprint density at radius 1 is 1.40 bits per heavy atom. The van der Waals surface area contributed by atoms with Crippen molar-refractivity contribution in [3.05, 3.63) is 28.3 Å². The van der Waals surface area contributed by atoms with Crippen LogP contribution in [0.3, 0.4) is 0 Å². The summed E-state index contributed by atoms with van der Waals surface area (Å²) in [5.74, 6) is -0.402. The van der Waals surface area contributed by atoms with E-state index >= 15 is 0 Å². The van der Waals surface area contributed by atoms with E-state index in [4.69, 9.17) is 5.73 Å². The minimum atomic E-state index is -3.94. The lowest BCUT2D eigenvalue weighted by molar-refractivity contribution is -0.384. The van der Waals surface area contributed by atoms with Crippen molar-refractivity contribution in [2.24, 2.45) is 0 Å². The van der Waals surface area contributed by atoms with E-state index in [1.807, 2.05) is 0 Å². The lowest BCUT2D eigenvalue weighted by Gasteiger charge is -2.26. The first-order valence-electron chi connectivity index (χ1n) is 5.63. The van der Waals surface area contributed by atoms with Crippen molar-refractivity contribution in [1.29, 1.82) is 0 Å². The van der Waals surface area contributed by atoms with Crippen LogP contribution in [0.25, 0.3) is 0 Å². The smallest absolute Gasteiger partial charge is 0.271 e. The number of nitrogen functional groups attached to an aromatic ring is 1. The summed E-state index contributed by atoms with van der Waals surface area (Å²) >= 11 is 0. The molecule has 9 nitrogen and oxygen atoms in total. The van der Waals surface area contributed by atoms with Crippen molar-refractivity contribution in [3.63, 3.8) is 0 Å².